The summed E-state index contributed by atoms with van der Waals surface area (Å²) in [6, 6.07) is 4.13. The highest BCUT2D eigenvalue weighted by atomic mass is 19.4. The molecule has 1 aromatic rings. The van der Waals surface area contributed by atoms with Crippen LogP contribution in [0.5, 0.6) is 0 Å². The van der Waals surface area contributed by atoms with Gasteiger partial charge in [-0.15, -0.1) is 0 Å². The van der Waals surface area contributed by atoms with Crippen LogP contribution in [0, 0.1) is 0 Å². The average Bonchev–Trinajstić information content (AvgIpc) is 2.27. The van der Waals surface area contributed by atoms with Gasteiger partial charge in [0.25, 0.3) is 0 Å². The van der Waals surface area contributed by atoms with Crippen molar-refractivity contribution < 1.29 is 23.1 Å². The predicted octanol–water partition coefficient (Wildman–Crippen LogP) is 2.22. The van der Waals surface area contributed by atoms with Crippen LogP contribution in [0.3, 0.4) is 0 Å². The molecule has 1 atom stereocenters. The maximum atomic E-state index is 12.3. The van der Waals surface area contributed by atoms with Gasteiger partial charge in [0.05, 0.1) is 18.1 Å². The molecule has 1 aromatic carbocycles. The zero-order valence-corrected chi connectivity index (χ0v) is 10.0. The van der Waals surface area contributed by atoms with Gasteiger partial charge in [0, 0.05) is 14.1 Å². The average molecular weight is 261 g/mol. The number of amides is 1. The van der Waals surface area contributed by atoms with Crippen LogP contribution < -0.4 is 0 Å². The Hall–Kier alpha value is -1.56. The fourth-order valence-corrected chi connectivity index (χ4v) is 1.36. The zero-order chi connectivity index (χ0) is 13.9. The van der Waals surface area contributed by atoms with Crippen LogP contribution in [0.25, 0.3) is 0 Å². The lowest BCUT2D eigenvalue weighted by molar-refractivity contribution is -0.137. The number of aliphatic hydroxyl groups excluding tert-OH is 1. The third kappa shape index (κ3) is 3.73. The molecule has 1 amide bonds. The van der Waals surface area contributed by atoms with Crippen molar-refractivity contribution in [2.24, 2.45) is 0 Å². The summed E-state index contributed by atoms with van der Waals surface area (Å²) in [6.45, 7) is 0. The maximum absolute atomic E-state index is 12.3. The van der Waals surface area contributed by atoms with E-state index in [1.165, 1.54) is 17.0 Å². The van der Waals surface area contributed by atoms with Crippen molar-refractivity contribution in [3.05, 3.63) is 35.4 Å². The smallest absolute Gasteiger partial charge is 0.388 e. The molecule has 0 spiro atoms. The summed E-state index contributed by atoms with van der Waals surface area (Å²) in [5.41, 5.74) is -0.490. The van der Waals surface area contributed by atoms with Crippen LogP contribution in [0.15, 0.2) is 24.3 Å². The molecule has 6 heteroatoms. The summed E-state index contributed by atoms with van der Waals surface area (Å²) in [5, 5.41) is 9.70. The first-order valence-electron chi connectivity index (χ1n) is 5.27. The summed E-state index contributed by atoms with van der Waals surface area (Å²) < 4.78 is 36.9. The second-order valence-electron chi connectivity index (χ2n) is 4.13. The lowest BCUT2D eigenvalue weighted by Gasteiger charge is -2.15. The molecule has 0 saturated heterocycles. The minimum Gasteiger partial charge on any atom is -0.388 e. The number of nitrogens with zero attached hydrogens (tertiary/aromatic N) is 1. The normalized spacial score (nSPS) is 13.2. The van der Waals surface area contributed by atoms with Crippen molar-refractivity contribution in [1.82, 2.24) is 4.90 Å². The van der Waals surface area contributed by atoms with E-state index in [9.17, 15) is 23.1 Å². The molecule has 0 radical (unpaired) electrons. The third-order valence-electron chi connectivity index (χ3n) is 2.49. The molecule has 0 aliphatic rings. The van der Waals surface area contributed by atoms with Gasteiger partial charge in [-0.3, -0.25) is 4.79 Å². The number of aliphatic hydroxyl groups is 1. The Morgan fingerprint density at radius 1 is 1.28 bits per heavy atom. The van der Waals surface area contributed by atoms with E-state index in [0.29, 0.717) is 5.56 Å². The number of alkyl halides is 3. The molecule has 0 aliphatic heterocycles. The number of rotatable bonds is 3. The summed E-state index contributed by atoms with van der Waals surface area (Å²) in [7, 11) is 3.09. The topological polar surface area (TPSA) is 40.5 Å². The van der Waals surface area contributed by atoms with Crippen LogP contribution in [-0.4, -0.2) is 30.0 Å². The Morgan fingerprint density at radius 3 is 2.17 bits per heavy atom. The van der Waals surface area contributed by atoms with Gasteiger partial charge in [0.2, 0.25) is 5.91 Å². The fraction of sp³-hybridized carbons (Fsp3) is 0.417. The minimum atomic E-state index is -4.40. The molecule has 1 unspecified atom stereocenters. The lowest BCUT2D eigenvalue weighted by Crippen LogP contribution is -2.23. The Balaban J connectivity index is 2.76. The van der Waals surface area contributed by atoms with E-state index in [4.69, 9.17) is 0 Å². The Labute approximate surface area is 103 Å². The van der Waals surface area contributed by atoms with E-state index in [1.54, 1.807) is 14.1 Å². The van der Waals surface area contributed by atoms with Crippen LogP contribution in [0.2, 0.25) is 0 Å². The largest absolute Gasteiger partial charge is 0.416 e. The van der Waals surface area contributed by atoms with Gasteiger partial charge in [0.1, 0.15) is 0 Å². The molecule has 3 nitrogen and oxygen atoms in total. The number of carbonyl (C=O) groups excluding carboxylic acids is 1. The molecule has 0 fully saturated rings. The van der Waals surface area contributed by atoms with Crippen molar-refractivity contribution in [3.63, 3.8) is 0 Å². The van der Waals surface area contributed by atoms with Gasteiger partial charge < -0.3 is 10.0 Å². The van der Waals surface area contributed by atoms with E-state index in [-0.39, 0.29) is 12.3 Å². The number of halogens is 3. The first-order valence-corrected chi connectivity index (χ1v) is 5.27. The number of hydrogen-bond donors (Lipinski definition) is 1. The summed E-state index contributed by atoms with van der Waals surface area (Å²) >= 11 is 0. The first-order chi connectivity index (χ1) is 8.21. The molecule has 0 bridgehead atoms. The van der Waals surface area contributed by atoms with Crippen LogP contribution in [0.4, 0.5) is 13.2 Å². The Kier molecular flexibility index (Phi) is 4.34. The van der Waals surface area contributed by atoms with E-state index < -0.39 is 17.8 Å². The molecule has 1 N–H and O–H groups in total. The Morgan fingerprint density at radius 2 is 1.78 bits per heavy atom. The molecule has 1 rings (SSSR count). The molecule has 0 aliphatic carbocycles. The van der Waals surface area contributed by atoms with Crippen LogP contribution >= 0.6 is 0 Å². The summed E-state index contributed by atoms with van der Waals surface area (Å²) in [6.07, 6.45) is -5.65. The summed E-state index contributed by atoms with van der Waals surface area (Å²) in [5.74, 6) is -0.289. The van der Waals surface area contributed by atoms with Crippen molar-refractivity contribution in [3.8, 4) is 0 Å². The number of carbonyl (C=O) groups is 1. The molecule has 0 aromatic heterocycles. The van der Waals surface area contributed by atoms with Gasteiger partial charge >= 0.3 is 6.18 Å². The monoisotopic (exact) mass is 261 g/mol. The highest BCUT2D eigenvalue weighted by Crippen LogP contribution is 2.30. The van der Waals surface area contributed by atoms with Gasteiger partial charge in [-0.2, -0.15) is 13.2 Å². The molecule has 18 heavy (non-hydrogen) atoms. The molecule has 0 saturated carbocycles. The lowest BCUT2D eigenvalue weighted by atomic mass is 10.0. The number of hydrogen-bond acceptors (Lipinski definition) is 2. The Bertz CT molecular complexity index is 412. The first kappa shape index (κ1) is 14.5. The molecular weight excluding hydrogens is 247 g/mol. The maximum Gasteiger partial charge on any atom is 0.416 e. The third-order valence-corrected chi connectivity index (χ3v) is 2.49. The summed E-state index contributed by atoms with van der Waals surface area (Å²) in [4.78, 5) is 12.7. The van der Waals surface area contributed by atoms with Crippen molar-refractivity contribution >= 4 is 5.91 Å². The quantitative estimate of drug-likeness (QED) is 0.906. The SMILES string of the molecule is CN(C)C(=O)CC(O)c1ccc(C(F)(F)F)cc1. The van der Waals surface area contributed by atoms with Gasteiger partial charge in [-0.1, -0.05) is 12.1 Å². The fourth-order valence-electron chi connectivity index (χ4n) is 1.36. The molecule has 0 heterocycles. The second kappa shape index (κ2) is 5.39. The molecular formula is C12H14F3NO2. The standard InChI is InChI=1S/C12H14F3NO2/c1-16(2)11(18)7-10(17)8-3-5-9(6-4-8)12(13,14)15/h3-6,10,17H,7H2,1-2H3. The van der Waals surface area contributed by atoms with Crippen LogP contribution in [-0.2, 0) is 11.0 Å². The zero-order valence-electron chi connectivity index (χ0n) is 10.0. The predicted molar refractivity (Wildman–Crippen MR) is 59.7 cm³/mol. The van der Waals surface area contributed by atoms with Gasteiger partial charge in [-0.25, -0.2) is 0 Å². The van der Waals surface area contributed by atoms with E-state index >= 15 is 0 Å². The van der Waals surface area contributed by atoms with E-state index in [1.807, 2.05) is 0 Å². The highest BCUT2D eigenvalue weighted by molar-refractivity contribution is 5.76. The molecule has 100 valence electrons. The van der Waals surface area contributed by atoms with Crippen molar-refractivity contribution in [2.45, 2.75) is 18.7 Å². The van der Waals surface area contributed by atoms with E-state index in [2.05, 4.69) is 0 Å². The number of benzene rings is 1. The van der Waals surface area contributed by atoms with Crippen LogP contribution in [0.1, 0.15) is 23.7 Å². The van der Waals surface area contributed by atoms with Crippen molar-refractivity contribution in [2.75, 3.05) is 14.1 Å². The van der Waals surface area contributed by atoms with E-state index in [0.717, 1.165) is 12.1 Å². The minimum absolute atomic E-state index is 0.154. The highest BCUT2D eigenvalue weighted by Gasteiger charge is 2.30. The van der Waals surface area contributed by atoms with Crippen molar-refractivity contribution in [1.29, 1.82) is 0 Å². The van der Waals surface area contributed by atoms with Gasteiger partial charge in [-0.05, 0) is 17.7 Å². The van der Waals surface area contributed by atoms with Gasteiger partial charge in [0.15, 0.2) is 0 Å². The second-order valence-corrected chi connectivity index (χ2v) is 4.13.